The van der Waals surface area contributed by atoms with Crippen molar-refractivity contribution in [1.82, 2.24) is 10.2 Å². The standard InChI is InChI=1S/C12H13N3O4S/c1-8-7-11(14-13-8)15-20(17,18)10-6-4-3-5-9(10)12(16)19-2/h3-7H,1-2H3,(H2,13,14,15). The van der Waals surface area contributed by atoms with Crippen LogP contribution in [0.4, 0.5) is 5.82 Å². The average molecular weight is 295 g/mol. The quantitative estimate of drug-likeness (QED) is 0.828. The largest absolute Gasteiger partial charge is 0.465 e. The normalized spacial score (nSPS) is 11.1. The maximum Gasteiger partial charge on any atom is 0.339 e. The van der Waals surface area contributed by atoms with E-state index in [1.54, 1.807) is 13.0 Å². The highest BCUT2D eigenvalue weighted by Crippen LogP contribution is 2.19. The summed E-state index contributed by atoms with van der Waals surface area (Å²) >= 11 is 0. The Morgan fingerprint density at radius 1 is 1.35 bits per heavy atom. The molecule has 0 spiro atoms. The lowest BCUT2D eigenvalue weighted by Crippen LogP contribution is -2.17. The summed E-state index contributed by atoms with van der Waals surface area (Å²) in [6, 6.07) is 7.34. The van der Waals surface area contributed by atoms with Gasteiger partial charge in [0.2, 0.25) is 0 Å². The van der Waals surface area contributed by atoms with Gasteiger partial charge in [0.1, 0.15) is 4.90 Å². The van der Waals surface area contributed by atoms with Crippen LogP contribution in [-0.4, -0.2) is 31.7 Å². The summed E-state index contributed by atoms with van der Waals surface area (Å²) in [6.07, 6.45) is 0. The van der Waals surface area contributed by atoms with E-state index < -0.39 is 16.0 Å². The van der Waals surface area contributed by atoms with E-state index in [0.29, 0.717) is 5.69 Å². The van der Waals surface area contributed by atoms with E-state index in [2.05, 4.69) is 19.7 Å². The number of aryl methyl sites for hydroxylation is 1. The van der Waals surface area contributed by atoms with Gasteiger partial charge < -0.3 is 4.74 Å². The fourth-order valence-corrected chi connectivity index (χ4v) is 2.83. The number of methoxy groups -OCH3 is 1. The smallest absolute Gasteiger partial charge is 0.339 e. The molecule has 2 N–H and O–H groups in total. The van der Waals surface area contributed by atoms with Gasteiger partial charge in [-0.2, -0.15) is 5.10 Å². The second-order valence-corrected chi connectivity index (χ2v) is 5.68. The third kappa shape index (κ3) is 2.80. The summed E-state index contributed by atoms with van der Waals surface area (Å²) in [6.45, 7) is 1.74. The molecule has 2 rings (SSSR count). The molecule has 0 saturated carbocycles. The molecule has 0 amide bonds. The molecular formula is C12H13N3O4S. The fraction of sp³-hybridized carbons (Fsp3) is 0.167. The minimum atomic E-state index is -3.92. The van der Waals surface area contributed by atoms with Crippen molar-refractivity contribution in [2.75, 3.05) is 11.8 Å². The van der Waals surface area contributed by atoms with Gasteiger partial charge in [0.15, 0.2) is 5.82 Å². The Kier molecular flexibility index (Phi) is 3.75. The molecule has 20 heavy (non-hydrogen) atoms. The van der Waals surface area contributed by atoms with Gasteiger partial charge in [-0.1, -0.05) is 12.1 Å². The number of ether oxygens (including phenoxy) is 1. The Bertz CT molecular complexity index is 737. The molecule has 0 aliphatic rings. The first-order valence-corrected chi connectivity index (χ1v) is 7.14. The highest BCUT2D eigenvalue weighted by atomic mass is 32.2. The predicted octanol–water partition coefficient (Wildman–Crippen LogP) is 1.31. The minimum absolute atomic E-state index is 0.0326. The van der Waals surface area contributed by atoms with Crippen molar-refractivity contribution in [3.8, 4) is 0 Å². The van der Waals surface area contributed by atoms with Crippen LogP contribution in [0.3, 0.4) is 0 Å². The van der Waals surface area contributed by atoms with E-state index in [1.807, 2.05) is 0 Å². The van der Waals surface area contributed by atoms with Crippen LogP contribution in [0.25, 0.3) is 0 Å². The molecular weight excluding hydrogens is 282 g/mol. The molecule has 0 aliphatic heterocycles. The van der Waals surface area contributed by atoms with Crippen molar-refractivity contribution >= 4 is 21.8 Å². The molecule has 0 radical (unpaired) electrons. The molecule has 7 nitrogen and oxygen atoms in total. The zero-order chi connectivity index (χ0) is 14.8. The van der Waals surface area contributed by atoms with Crippen molar-refractivity contribution in [2.24, 2.45) is 0 Å². The number of benzene rings is 1. The maximum absolute atomic E-state index is 12.3. The van der Waals surface area contributed by atoms with E-state index in [4.69, 9.17) is 0 Å². The Morgan fingerprint density at radius 3 is 2.65 bits per heavy atom. The number of nitrogens with one attached hydrogen (secondary N) is 2. The van der Waals surface area contributed by atoms with E-state index in [9.17, 15) is 13.2 Å². The number of nitrogens with zero attached hydrogens (tertiary/aromatic N) is 1. The van der Waals surface area contributed by atoms with Gasteiger partial charge in [-0.25, -0.2) is 13.2 Å². The van der Waals surface area contributed by atoms with Crippen LogP contribution in [0.5, 0.6) is 0 Å². The number of rotatable bonds is 4. The molecule has 2 aromatic rings. The molecule has 1 heterocycles. The van der Waals surface area contributed by atoms with Crippen molar-refractivity contribution in [3.05, 3.63) is 41.6 Å². The Hall–Kier alpha value is -2.35. The first kappa shape index (κ1) is 14.1. The summed E-state index contributed by atoms with van der Waals surface area (Å²) in [5, 5.41) is 6.41. The van der Waals surface area contributed by atoms with Crippen molar-refractivity contribution in [1.29, 1.82) is 0 Å². The first-order valence-electron chi connectivity index (χ1n) is 5.66. The van der Waals surface area contributed by atoms with Gasteiger partial charge in [0, 0.05) is 11.8 Å². The van der Waals surface area contributed by atoms with Crippen LogP contribution in [-0.2, 0) is 14.8 Å². The lowest BCUT2D eigenvalue weighted by atomic mass is 10.2. The van der Waals surface area contributed by atoms with Gasteiger partial charge in [0.05, 0.1) is 12.7 Å². The third-order valence-corrected chi connectivity index (χ3v) is 3.94. The van der Waals surface area contributed by atoms with Crippen molar-refractivity contribution in [2.45, 2.75) is 11.8 Å². The number of carbonyl (C=O) groups excluding carboxylic acids is 1. The van der Waals surface area contributed by atoms with E-state index in [-0.39, 0.29) is 16.3 Å². The number of hydrogen-bond acceptors (Lipinski definition) is 5. The summed E-state index contributed by atoms with van der Waals surface area (Å²) < 4.78 is 31.4. The van der Waals surface area contributed by atoms with Gasteiger partial charge in [-0.15, -0.1) is 0 Å². The maximum atomic E-state index is 12.3. The van der Waals surface area contributed by atoms with Crippen LogP contribution < -0.4 is 4.72 Å². The Morgan fingerprint density at radius 2 is 2.05 bits per heavy atom. The zero-order valence-electron chi connectivity index (χ0n) is 10.9. The number of H-pyrrole nitrogens is 1. The second kappa shape index (κ2) is 5.33. The predicted molar refractivity (Wildman–Crippen MR) is 71.9 cm³/mol. The van der Waals surface area contributed by atoms with Crippen molar-refractivity contribution < 1.29 is 17.9 Å². The second-order valence-electron chi connectivity index (χ2n) is 4.03. The molecule has 0 bridgehead atoms. The van der Waals surface area contributed by atoms with Crippen LogP contribution in [0.1, 0.15) is 16.1 Å². The number of sulfonamides is 1. The lowest BCUT2D eigenvalue weighted by molar-refractivity contribution is 0.0596. The van der Waals surface area contributed by atoms with Crippen LogP contribution in [0.2, 0.25) is 0 Å². The summed E-state index contributed by atoms with van der Waals surface area (Å²) in [5.41, 5.74) is 0.679. The van der Waals surface area contributed by atoms with E-state index in [0.717, 1.165) is 0 Å². The molecule has 106 valence electrons. The third-order valence-electron chi connectivity index (χ3n) is 2.53. The molecule has 0 aliphatic carbocycles. The molecule has 0 fully saturated rings. The fourth-order valence-electron chi connectivity index (χ4n) is 1.64. The minimum Gasteiger partial charge on any atom is -0.465 e. The molecule has 0 unspecified atom stereocenters. The molecule has 1 aromatic heterocycles. The van der Waals surface area contributed by atoms with Gasteiger partial charge >= 0.3 is 5.97 Å². The van der Waals surface area contributed by atoms with Crippen LogP contribution >= 0.6 is 0 Å². The van der Waals surface area contributed by atoms with E-state index in [1.165, 1.54) is 31.4 Å². The highest BCUT2D eigenvalue weighted by molar-refractivity contribution is 7.92. The van der Waals surface area contributed by atoms with Crippen LogP contribution in [0, 0.1) is 6.92 Å². The number of carbonyl (C=O) groups is 1. The Labute approximate surface area is 116 Å². The van der Waals surface area contributed by atoms with Crippen LogP contribution in [0.15, 0.2) is 35.2 Å². The number of esters is 1. The number of aromatic nitrogens is 2. The number of anilines is 1. The molecule has 0 saturated heterocycles. The molecule has 8 heteroatoms. The highest BCUT2D eigenvalue weighted by Gasteiger charge is 2.23. The van der Waals surface area contributed by atoms with Gasteiger partial charge in [-0.05, 0) is 19.1 Å². The zero-order valence-corrected chi connectivity index (χ0v) is 11.7. The number of aromatic amines is 1. The lowest BCUT2D eigenvalue weighted by Gasteiger charge is -2.09. The number of hydrogen-bond donors (Lipinski definition) is 2. The average Bonchev–Trinajstić information content (AvgIpc) is 2.82. The van der Waals surface area contributed by atoms with E-state index >= 15 is 0 Å². The van der Waals surface area contributed by atoms with Crippen molar-refractivity contribution in [3.63, 3.8) is 0 Å². The molecule has 1 aromatic carbocycles. The Balaban J connectivity index is 2.42. The molecule has 0 atom stereocenters. The van der Waals surface area contributed by atoms with Gasteiger partial charge in [0.25, 0.3) is 10.0 Å². The summed E-state index contributed by atoms with van der Waals surface area (Å²) in [7, 11) is -2.73. The monoisotopic (exact) mass is 295 g/mol. The summed E-state index contributed by atoms with van der Waals surface area (Å²) in [4.78, 5) is 11.4. The summed E-state index contributed by atoms with van der Waals surface area (Å²) in [5.74, 6) is -0.564. The SMILES string of the molecule is COC(=O)c1ccccc1S(=O)(=O)Nc1cc(C)[nH]n1. The first-order chi connectivity index (χ1) is 9.44. The van der Waals surface area contributed by atoms with Gasteiger partial charge in [-0.3, -0.25) is 9.82 Å². The topological polar surface area (TPSA) is 101 Å².